The summed E-state index contributed by atoms with van der Waals surface area (Å²) in [5.41, 5.74) is 11.2. The average molecular weight is 632 g/mol. The molecule has 0 saturated carbocycles. The van der Waals surface area contributed by atoms with Crippen LogP contribution in [0.5, 0.6) is 17.2 Å². The number of carbonyl (C=O) groups is 1. The fourth-order valence-electron chi connectivity index (χ4n) is 5.47. The van der Waals surface area contributed by atoms with Crippen molar-refractivity contribution in [3.8, 4) is 17.2 Å². The Balaban J connectivity index is 1.39. The van der Waals surface area contributed by atoms with Crippen molar-refractivity contribution in [2.45, 2.75) is 31.0 Å². The Morgan fingerprint density at radius 3 is 2.64 bits per heavy atom. The van der Waals surface area contributed by atoms with Gasteiger partial charge in [-0.15, -0.1) is 0 Å². The molecule has 0 unspecified atom stereocenters. The van der Waals surface area contributed by atoms with E-state index < -0.39 is 11.6 Å². The summed E-state index contributed by atoms with van der Waals surface area (Å²) in [5.74, 6) is 1.79. The lowest BCUT2D eigenvalue weighted by Crippen LogP contribution is -2.47. The number of benzene rings is 4. The van der Waals surface area contributed by atoms with E-state index in [1.54, 1.807) is 36.4 Å². The van der Waals surface area contributed by atoms with Gasteiger partial charge in [-0.25, -0.2) is 4.99 Å². The van der Waals surface area contributed by atoms with Gasteiger partial charge in [-0.2, -0.15) is 0 Å². The fourth-order valence-corrected chi connectivity index (χ4v) is 5.47. The van der Waals surface area contributed by atoms with Gasteiger partial charge in [0.15, 0.2) is 23.1 Å². The molecule has 1 amide bonds. The molecule has 11 nitrogen and oxygen atoms in total. The van der Waals surface area contributed by atoms with Crippen LogP contribution in [-0.2, 0) is 16.1 Å². The summed E-state index contributed by atoms with van der Waals surface area (Å²) < 4.78 is 23.2. The summed E-state index contributed by atoms with van der Waals surface area (Å²) in [7, 11) is 0. The highest BCUT2D eigenvalue weighted by Crippen LogP contribution is 2.46. The van der Waals surface area contributed by atoms with Crippen LogP contribution in [0.15, 0.2) is 113 Å². The van der Waals surface area contributed by atoms with E-state index in [9.17, 15) is 10.3 Å². The monoisotopic (exact) mass is 631 g/mol. The topological polar surface area (TPSA) is 147 Å². The molecule has 0 bridgehead atoms. The minimum atomic E-state index is -1.48. The molecule has 0 radical (unpaired) electrons. The molecule has 0 saturated heterocycles. The molecule has 4 aromatic carbocycles. The van der Waals surface area contributed by atoms with Gasteiger partial charge in [0.05, 0.1) is 6.61 Å². The summed E-state index contributed by atoms with van der Waals surface area (Å²) in [6, 6.07) is 29.5. The van der Waals surface area contributed by atoms with Crippen molar-refractivity contribution in [1.82, 2.24) is 5.32 Å². The number of fused-ring (bicyclic) bond motifs is 1. The van der Waals surface area contributed by atoms with Gasteiger partial charge in [-0.1, -0.05) is 77.9 Å². The van der Waals surface area contributed by atoms with Crippen LogP contribution in [0.1, 0.15) is 41.2 Å². The number of hydrogen-bond donors (Lipinski definition) is 2. The Bertz CT molecular complexity index is 1820. The molecule has 2 heterocycles. The molecule has 238 valence electrons. The predicted molar refractivity (Wildman–Crippen MR) is 176 cm³/mol. The van der Waals surface area contributed by atoms with Gasteiger partial charge in [0.1, 0.15) is 5.75 Å². The van der Waals surface area contributed by atoms with Crippen LogP contribution in [-0.4, -0.2) is 42.5 Å². The van der Waals surface area contributed by atoms with Gasteiger partial charge < -0.3 is 29.4 Å². The maximum Gasteiger partial charge on any atom is 0.252 e. The SMILES string of the molecule is [N-]=[N+]=Nc1ccccc1[C@H]1OC(c2ccc(OCCCO)cc2)=N[C@@]1(C/C=C/c1ccccc1)C(=O)NCc1ccc2c(c1)OCO2. The number of amides is 1. The quantitative estimate of drug-likeness (QED) is 0.0718. The van der Waals surface area contributed by atoms with E-state index in [4.69, 9.17) is 29.0 Å². The molecule has 2 aliphatic rings. The van der Waals surface area contributed by atoms with Crippen LogP contribution in [0.25, 0.3) is 16.5 Å². The number of nitrogens with one attached hydrogen (secondary N) is 1. The highest BCUT2D eigenvalue weighted by Gasteiger charge is 2.53. The third kappa shape index (κ3) is 7.06. The van der Waals surface area contributed by atoms with Gasteiger partial charge in [0, 0.05) is 47.7 Å². The lowest BCUT2D eigenvalue weighted by molar-refractivity contribution is -0.129. The van der Waals surface area contributed by atoms with Crippen molar-refractivity contribution in [2.24, 2.45) is 10.1 Å². The maximum absolute atomic E-state index is 14.5. The van der Waals surface area contributed by atoms with Crippen molar-refractivity contribution >= 4 is 23.6 Å². The van der Waals surface area contributed by atoms with Gasteiger partial charge in [-0.3, -0.25) is 4.79 Å². The first-order valence-corrected chi connectivity index (χ1v) is 15.2. The minimum absolute atomic E-state index is 0.0406. The zero-order valence-electron chi connectivity index (χ0n) is 25.5. The van der Waals surface area contributed by atoms with E-state index in [0.717, 1.165) is 11.1 Å². The molecule has 6 rings (SSSR count). The van der Waals surface area contributed by atoms with E-state index in [1.807, 2.05) is 72.8 Å². The Hall–Kier alpha value is -5.77. The minimum Gasteiger partial charge on any atom is -0.494 e. The standard InChI is InChI=1S/C36H33N5O6/c37-41-40-30-12-5-4-11-29(30)33-36(19-6-10-25-8-2-1-3-9-25,35(43)38-23-26-13-18-31-32(22-26)46-24-45-31)39-34(47-33)27-14-16-28(17-15-27)44-21-7-20-42/h1-6,8-18,22,33,42H,7,19-21,23-24H2,(H,38,43)/b10-6+/t33-,36-/m1/s1. The molecule has 0 fully saturated rings. The second-order valence-electron chi connectivity index (χ2n) is 10.9. The highest BCUT2D eigenvalue weighted by atomic mass is 16.7. The Morgan fingerprint density at radius 2 is 1.83 bits per heavy atom. The second kappa shape index (κ2) is 14.6. The number of carbonyl (C=O) groups excluding carboxylic acids is 1. The lowest BCUT2D eigenvalue weighted by atomic mass is 9.83. The molecular formula is C36H33N5O6. The van der Waals surface area contributed by atoms with E-state index in [-0.39, 0.29) is 38.2 Å². The molecule has 2 atom stereocenters. The largest absolute Gasteiger partial charge is 0.494 e. The van der Waals surface area contributed by atoms with Gasteiger partial charge >= 0.3 is 0 Å². The summed E-state index contributed by atoms with van der Waals surface area (Å²) >= 11 is 0. The maximum atomic E-state index is 14.5. The van der Waals surface area contributed by atoms with Gasteiger partial charge in [0.25, 0.3) is 5.91 Å². The average Bonchev–Trinajstić information content (AvgIpc) is 3.74. The van der Waals surface area contributed by atoms with Crippen LogP contribution in [0.4, 0.5) is 5.69 Å². The van der Waals surface area contributed by atoms with Crippen LogP contribution >= 0.6 is 0 Å². The van der Waals surface area contributed by atoms with Crippen molar-refractivity contribution in [1.29, 1.82) is 0 Å². The number of aliphatic hydroxyl groups excluding tert-OH is 1. The van der Waals surface area contributed by atoms with Crippen molar-refractivity contribution in [2.75, 3.05) is 20.0 Å². The van der Waals surface area contributed by atoms with Crippen LogP contribution < -0.4 is 19.5 Å². The smallest absolute Gasteiger partial charge is 0.252 e. The zero-order valence-corrected chi connectivity index (χ0v) is 25.5. The molecule has 0 aliphatic carbocycles. The van der Waals surface area contributed by atoms with Crippen molar-refractivity contribution < 1.29 is 28.8 Å². The molecule has 4 aromatic rings. The molecule has 0 spiro atoms. The molecule has 2 N–H and O–H groups in total. The first-order valence-electron chi connectivity index (χ1n) is 15.2. The third-order valence-electron chi connectivity index (χ3n) is 7.83. The Labute approximate surface area is 271 Å². The van der Waals surface area contributed by atoms with Crippen LogP contribution in [0.2, 0.25) is 0 Å². The first-order chi connectivity index (χ1) is 23.1. The highest BCUT2D eigenvalue weighted by molar-refractivity contribution is 6.01. The van der Waals surface area contributed by atoms with Gasteiger partial charge in [-0.05, 0) is 53.1 Å². The Kier molecular flexibility index (Phi) is 9.67. The summed E-state index contributed by atoms with van der Waals surface area (Å²) in [5, 5.41) is 16.1. The van der Waals surface area contributed by atoms with Gasteiger partial charge in [0.2, 0.25) is 12.7 Å². The number of rotatable bonds is 13. The molecule has 0 aromatic heterocycles. The Morgan fingerprint density at radius 1 is 1.04 bits per heavy atom. The summed E-state index contributed by atoms with van der Waals surface area (Å²) in [6.45, 7) is 0.777. The molecule has 47 heavy (non-hydrogen) atoms. The van der Waals surface area contributed by atoms with Crippen LogP contribution in [0, 0.1) is 0 Å². The van der Waals surface area contributed by atoms with E-state index in [0.29, 0.717) is 47.1 Å². The normalized spacial score (nSPS) is 17.9. The number of nitrogens with zero attached hydrogens (tertiary/aromatic N) is 4. The van der Waals surface area contributed by atoms with Crippen molar-refractivity contribution in [3.05, 3.63) is 136 Å². The summed E-state index contributed by atoms with van der Waals surface area (Å²) in [4.78, 5) is 22.6. The predicted octanol–water partition coefficient (Wildman–Crippen LogP) is 6.80. The number of azide groups is 1. The third-order valence-corrected chi connectivity index (χ3v) is 7.83. The lowest BCUT2D eigenvalue weighted by Gasteiger charge is -2.30. The van der Waals surface area contributed by atoms with Crippen LogP contribution in [0.3, 0.4) is 0 Å². The zero-order chi connectivity index (χ0) is 32.5. The van der Waals surface area contributed by atoms with E-state index >= 15 is 0 Å². The molecule has 11 heteroatoms. The molecular weight excluding hydrogens is 598 g/mol. The van der Waals surface area contributed by atoms with E-state index in [1.165, 1.54) is 0 Å². The number of hydrogen-bond acceptors (Lipinski definition) is 8. The summed E-state index contributed by atoms with van der Waals surface area (Å²) in [6.07, 6.45) is 3.61. The van der Waals surface area contributed by atoms with E-state index in [2.05, 4.69) is 15.3 Å². The second-order valence-corrected chi connectivity index (χ2v) is 10.9. The first kappa shape index (κ1) is 31.2. The number of aliphatic imine (C=N–C) groups is 1. The number of ether oxygens (including phenoxy) is 4. The van der Waals surface area contributed by atoms with Crippen molar-refractivity contribution in [3.63, 3.8) is 0 Å². The fraction of sp³-hybridized carbons (Fsp3) is 0.222. The number of aliphatic hydroxyl groups is 1. The molecule has 2 aliphatic heterocycles.